The second kappa shape index (κ2) is 10.5. The van der Waals surface area contributed by atoms with Gasteiger partial charge in [-0.05, 0) is 18.8 Å². The number of ether oxygens (including phenoxy) is 1. The molecule has 1 N–H and O–H groups in total. The quantitative estimate of drug-likeness (QED) is 0.692. The van der Waals surface area contributed by atoms with Crippen molar-refractivity contribution in [2.75, 3.05) is 32.8 Å². The van der Waals surface area contributed by atoms with Gasteiger partial charge < -0.3 is 14.6 Å². The van der Waals surface area contributed by atoms with Crippen molar-refractivity contribution in [3.8, 4) is 0 Å². The van der Waals surface area contributed by atoms with Crippen molar-refractivity contribution in [3.63, 3.8) is 0 Å². The number of hydrogen-bond donors (Lipinski definition) is 1. The zero-order valence-electron chi connectivity index (χ0n) is 15.8. The van der Waals surface area contributed by atoms with Crippen molar-refractivity contribution in [3.05, 3.63) is 11.7 Å². The summed E-state index contributed by atoms with van der Waals surface area (Å²) in [5.74, 6) is 1.91. The zero-order valence-corrected chi connectivity index (χ0v) is 15.8. The number of aryl methyl sites for hydroxylation is 2. The first kappa shape index (κ1) is 19.8. The minimum atomic E-state index is 0.0391. The average molecular weight is 352 g/mol. The lowest BCUT2D eigenvalue weighted by Crippen LogP contribution is -2.49. The molecule has 7 heteroatoms. The highest BCUT2D eigenvalue weighted by Gasteiger charge is 2.22. The number of rotatable bonds is 10. The summed E-state index contributed by atoms with van der Waals surface area (Å²) in [6.07, 6.45) is 3.74. The van der Waals surface area contributed by atoms with Crippen LogP contribution < -0.4 is 5.32 Å². The van der Waals surface area contributed by atoms with Gasteiger partial charge >= 0.3 is 0 Å². The summed E-state index contributed by atoms with van der Waals surface area (Å²) in [6.45, 7) is 10.6. The largest absolute Gasteiger partial charge is 0.379 e. The van der Waals surface area contributed by atoms with Crippen LogP contribution in [0.15, 0.2) is 4.52 Å². The molecule has 25 heavy (non-hydrogen) atoms. The van der Waals surface area contributed by atoms with Crippen LogP contribution in [0.2, 0.25) is 0 Å². The van der Waals surface area contributed by atoms with E-state index in [4.69, 9.17) is 9.26 Å². The number of hydrogen-bond acceptors (Lipinski definition) is 6. The lowest BCUT2D eigenvalue weighted by Gasteiger charge is -2.35. The molecule has 142 valence electrons. The topological polar surface area (TPSA) is 80.5 Å². The summed E-state index contributed by atoms with van der Waals surface area (Å²) < 4.78 is 10.6. The van der Waals surface area contributed by atoms with E-state index in [1.54, 1.807) is 0 Å². The van der Waals surface area contributed by atoms with E-state index in [0.29, 0.717) is 37.2 Å². The van der Waals surface area contributed by atoms with Crippen molar-refractivity contribution in [1.82, 2.24) is 20.4 Å². The Morgan fingerprint density at radius 3 is 2.72 bits per heavy atom. The fourth-order valence-electron chi connectivity index (χ4n) is 3.11. The van der Waals surface area contributed by atoms with E-state index in [0.717, 1.165) is 51.4 Å². The molecule has 0 bridgehead atoms. The smallest absolute Gasteiger partial charge is 0.227 e. The first-order valence-corrected chi connectivity index (χ1v) is 9.48. The van der Waals surface area contributed by atoms with E-state index in [2.05, 4.69) is 41.1 Å². The highest BCUT2D eigenvalue weighted by Crippen LogP contribution is 2.13. The molecule has 0 spiro atoms. The van der Waals surface area contributed by atoms with Crippen LogP contribution in [-0.2, 0) is 22.4 Å². The molecule has 0 saturated carbocycles. The first-order valence-electron chi connectivity index (χ1n) is 9.48. The third-order valence-corrected chi connectivity index (χ3v) is 4.39. The van der Waals surface area contributed by atoms with Gasteiger partial charge in [0, 0.05) is 44.9 Å². The lowest BCUT2D eigenvalue weighted by molar-refractivity contribution is -0.121. The fourth-order valence-corrected chi connectivity index (χ4v) is 3.11. The van der Waals surface area contributed by atoms with Crippen LogP contribution in [0.25, 0.3) is 0 Å². The predicted molar refractivity (Wildman–Crippen MR) is 95.3 cm³/mol. The molecule has 1 unspecified atom stereocenters. The number of amides is 1. The van der Waals surface area contributed by atoms with E-state index in [-0.39, 0.29) is 5.91 Å². The molecule has 0 radical (unpaired) electrons. The highest BCUT2D eigenvalue weighted by molar-refractivity contribution is 5.76. The molecule has 7 nitrogen and oxygen atoms in total. The van der Waals surface area contributed by atoms with E-state index >= 15 is 0 Å². The summed E-state index contributed by atoms with van der Waals surface area (Å²) in [6, 6.07) is 0.368. The SMILES string of the molecule is CCCc1noc(CCC(=O)NCC(CC(C)C)N2CCOCC2)n1. The van der Waals surface area contributed by atoms with Gasteiger partial charge in [0.2, 0.25) is 11.8 Å². The van der Waals surface area contributed by atoms with Gasteiger partial charge in [0.1, 0.15) is 0 Å². The molecule has 1 fully saturated rings. The lowest BCUT2D eigenvalue weighted by atomic mass is 10.0. The molecule has 0 aliphatic carbocycles. The van der Waals surface area contributed by atoms with Crippen LogP contribution in [0.5, 0.6) is 0 Å². The summed E-state index contributed by atoms with van der Waals surface area (Å²) in [5.41, 5.74) is 0. The molecular formula is C18H32N4O3. The predicted octanol–water partition coefficient (Wildman–Crippen LogP) is 1.82. The standard InChI is InChI=1S/C18H32N4O3/c1-4-5-16-20-18(25-21-16)7-6-17(23)19-13-15(12-14(2)3)22-8-10-24-11-9-22/h14-15H,4-13H2,1-3H3,(H,19,23). The summed E-state index contributed by atoms with van der Waals surface area (Å²) in [5, 5.41) is 6.99. The van der Waals surface area contributed by atoms with Gasteiger partial charge in [-0.1, -0.05) is 25.9 Å². The summed E-state index contributed by atoms with van der Waals surface area (Å²) in [7, 11) is 0. The molecule has 1 atom stereocenters. The molecule has 1 aromatic rings. The second-order valence-electron chi connectivity index (χ2n) is 7.09. The number of nitrogens with one attached hydrogen (secondary N) is 1. The van der Waals surface area contributed by atoms with Crippen LogP contribution >= 0.6 is 0 Å². The fraction of sp³-hybridized carbons (Fsp3) is 0.833. The Morgan fingerprint density at radius 1 is 1.28 bits per heavy atom. The third kappa shape index (κ3) is 7.12. The molecular weight excluding hydrogens is 320 g/mol. The molecule has 1 aliphatic heterocycles. The van der Waals surface area contributed by atoms with E-state index in [9.17, 15) is 4.79 Å². The monoisotopic (exact) mass is 352 g/mol. The van der Waals surface area contributed by atoms with Crippen LogP contribution in [0, 0.1) is 5.92 Å². The number of aromatic nitrogens is 2. The highest BCUT2D eigenvalue weighted by atomic mass is 16.5. The molecule has 2 rings (SSSR count). The minimum Gasteiger partial charge on any atom is -0.379 e. The van der Waals surface area contributed by atoms with Crippen molar-refractivity contribution in [2.45, 2.75) is 58.9 Å². The van der Waals surface area contributed by atoms with Gasteiger partial charge in [-0.2, -0.15) is 4.98 Å². The molecule has 1 aliphatic rings. The number of morpholine rings is 1. The van der Waals surface area contributed by atoms with Crippen molar-refractivity contribution < 1.29 is 14.1 Å². The van der Waals surface area contributed by atoms with Crippen LogP contribution in [0.4, 0.5) is 0 Å². The Balaban J connectivity index is 1.75. The zero-order chi connectivity index (χ0) is 18.1. The van der Waals surface area contributed by atoms with Gasteiger partial charge in [0.15, 0.2) is 5.82 Å². The van der Waals surface area contributed by atoms with E-state index in [1.807, 2.05) is 0 Å². The molecule has 2 heterocycles. The maximum Gasteiger partial charge on any atom is 0.227 e. The van der Waals surface area contributed by atoms with Crippen LogP contribution in [0.1, 0.15) is 51.7 Å². The van der Waals surface area contributed by atoms with E-state index in [1.165, 1.54) is 0 Å². The summed E-state index contributed by atoms with van der Waals surface area (Å²) in [4.78, 5) is 18.9. The Morgan fingerprint density at radius 2 is 2.04 bits per heavy atom. The molecule has 1 aromatic heterocycles. The van der Waals surface area contributed by atoms with Crippen LogP contribution in [0.3, 0.4) is 0 Å². The molecule has 1 saturated heterocycles. The average Bonchev–Trinajstić information content (AvgIpc) is 3.05. The van der Waals surface area contributed by atoms with Gasteiger partial charge in [-0.25, -0.2) is 0 Å². The number of carbonyl (C=O) groups is 1. The maximum absolute atomic E-state index is 12.2. The Bertz CT molecular complexity index is 512. The van der Waals surface area contributed by atoms with Gasteiger partial charge in [-0.3, -0.25) is 9.69 Å². The normalized spacial score (nSPS) is 17.0. The van der Waals surface area contributed by atoms with Gasteiger partial charge in [0.05, 0.1) is 13.2 Å². The molecule has 1 amide bonds. The Labute approximate surface area is 150 Å². The minimum absolute atomic E-state index is 0.0391. The van der Waals surface area contributed by atoms with E-state index < -0.39 is 0 Å². The van der Waals surface area contributed by atoms with Crippen molar-refractivity contribution >= 4 is 5.91 Å². The molecule has 0 aromatic carbocycles. The van der Waals surface area contributed by atoms with Crippen LogP contribution in [-0.4, -0.2) is 59.8 Å². The van der Waals surface area contributed by atoms with Crippen molar-refractivity contribution in [2.24, 2.45) is 5.92 Å². The Hall–Kier alpha value is -1.47. The number of nitrogens with zero attached hydrogens (tertiary/aromatic N) is 3. The first-order chi connectivity index (χ1) is 12.1. The van der Waals surface area contributed by atoms with Crippen molar-refractivity contribution in [1.29, 1.82) is 0 Å². The van der Waals surface area contributed by atoms with Gasteiger partial charge in [-0.15, -0.1) is 0 Å². The third-order valence-electron chi connectivity index (χ3n) is 4.39. The van der Waals surface area contributed by atoms with Gasteiger partial charge in [0.25, 0.3) is 0 Å². The summed E-state index contributed by atoms with van der Waals surface area (Å²) >= 11 is 0. The second-order valence-corrected chi connectivity index (χ2v) is 7.09. The maximum atomic E-state index is 12.2. The Kier molecular flexibility index (Phi) is 8.34. The number of carbonyl (C=O) groups excluding carboxylic acids is 1.